The smallest absolute Gasteiger partial charge is 0.0139 e. The summed E-state index contributed by atoms with van der Waals surface area (Å²) in [7, 11) is 0. The van der Waals surface area contributed by atoms with Crippen LogP contribution in [0.2, 0.25) is 0 Å². The summed E-state index contributed by atoms with van der Waals surface area (Å²) in [6, 6.07) is 0. The molecule has 1 saturated carbocycles. The van der Waals surface area contributed by atoms with Crippen LogP contribution in [0.1, 0.15) is 104 Å². The summed E-state index contributed by atoms with van der Waals surface area (Å²) >= 11 is 0. The molecule has 0 heterocycles. The van der Waals surface area contributed by atoms with Crippen LogP contribution in [0.15, 0.2) is 23.8 Å². The van der Waals surface area contributed by atoms with Crippen LogP contribution < -0.4 is 0 Å². The van der Waals surface area contributed by atoms with Gasteiger partial charge >= 0.3 is 0 Å². The minimum atomic E-state index is 0.885. The Morgan fingerprint density at radius 2 is 1.62 bits per heavy atom. The van der Waals surface area contributed by atoms with Crippen LogP contribution in [0.25, 0.3) is 0 Å². The molecule has 0 heteroatoms. The van der Waals surface area contributed by atoms with E-state index in [9.17, 15) is 0 Å². The molecule has 1 rings (SSSR count). The highest BCUT2D eigenvalue weighted by Gasteiger charge is 2.09. The van der Waals surface area contributed by atoms with Crippen molar-refractivity contribution in [1.29, 1.82) is 0 Å². The average Bonchev–Trinajstić information content (AvgIpc) is 2.52. The molecule has 1 aliphatic rings. The van der Waals surface area contributed by atoms with Crippen LogP contribution in [0.5, 0.6) is 0 Å². The van der Waals surface area contributed by atoms with Crippen LogP contribution in [0.3, 0.4) is 0 Å². The van der Waals surface area contributed by atoms with E-state index in [4.69, 9.17) is 0 Å². The predicted octanol–water partition coefficient (Wildman–Crippen LogP) is 7.60. The number of unbranched alkanes of at least 4 members (excludes halogenated alkanes) is 5. The topological polar surface area (TPSA) is 0 Å². The second-order valence-corrected chi connectivity index (χ2v) is 6.85. The number of hydrogen-bond acceptors (Lipinski definition) is 0. The van der Waals surface area contributed by atoms with Gasteiger partial charge in [0.15, 0.2) is 0 Å². The Balaban J connectivity index is 2.33. The second-order valence-electron chi connectivity index (χ2n) is 6.85. The average molecular weight is 291 g/mol. The van der Waals surface area contributed by atoms with Crippen molar-refractivity contribution in [3.63, 3.8) is 0 Å². The van der Waals surface area contributed by atoms with Crippen molar-refractivity contribution in [3.8, 4) is 0 Å². The first-order chi connectivity index (χ1) is 10.4. The predicted molar refractivity (Wildman–Crippen MR) is 96.7 cm³/mol. The van der Waals surface area contributed by atoms with Gasteiger partial charge in [-0.3, -0.25) is 0 Å². The van der Waals surface area contributed by atoms with Gasteiger partial charge in [-0.25, -0.2) is 0 Å². The zero-order valence-corrected chi connectivity index (χ0v) is 14.7. The van der Waals surface area contributed by atoms with Crippen LogP contribution >= 0.6 is 0 Å². The maximum absolute atomic E-state index is 2.55. The lowest BCUT2D eigenvalue weighted by molar-refractivity contribution is 0.419. The zero-order chi connectivity index (χ0) is 15.2. The van der Waals surface area contributed by atoms with Crippen LogP contribution in [0.4, 0.5) is 0 Å². The van der Waals surface area contributed by atoms with E-state index in [0.717, 1.165) is 5.92 Å². The number of rotatable bonds is 11. The third-order valence-electron chi connectivity index (χ3n) is 4.78. The quantitative estimate of drug-likeness (QED) is 0.271. The van der Waals surface area contributed by atoms with Crippen LogP contribution in [-0.4, -0.2) is 0 Å². The number of allylic oxidation sites excluding steroid dienone is 4. The highest BCUT2D eigenvalue weighted by Crippen LogP contribution is 2.25. The monoisotopic (exact) mass is 290 g/mol. The Morgan fingerprint density at radius 3 is 2.33 bits per heavy atom. The molecular formula is C21H38. The van der Waals surface area contributed by atoms with Gasteiger partial charge in [-0.2, -0.15) is 0 Å². The lowest BCUT2D eigenvalue weighted by atomic mass is 9.88. The normalized spacial score (nSPS) is 17.7. The first-order valence-electron chi connectivity index (χ1n) is 9.71. The summed E-state index contributed by atoms with van der Waals surface area (Å²) in [4.78, 5) is 0. The Morgan fingerprint density at radius 1 is 0.905 bits per heavy atom. The van der Waals surface area contributed by atoms with E-state index in [2.05, 4.69) is 32.1 Å². The van der Waals surface area contributed by atoms with Crippen molar-refractivity contribution < 1.29 is 0 Å². The van der Waals surface area contributed by atoms with Gasteiger partial charge in [0, 0.05) is 0 Å². The molecule has 0 nitrogen and oxygen atoms in total. The Hall–Kier alpha value is -0.520. The summed E-state index contributed by atoms with van der Waals surface area (Å²) in [6.45, 7) is 4.59. The van der Waals surface area contributed by atoms with Crippen molar-refractivity contribution in [2.75, 3.05) is 0 Å². The van der Waals surface area contributed by atoms with Crippen molar-refractivity contribution in [1.82, 2.24) is 0 Å². The molecule has 0 aromatic rings. The van der Waals surface area contributed by atoms with Gasteiger partial charge < -0.3 is 0 Å². The standard InChI is InChI=1S/C21H38/c1-3-5-7-10-15-20(14-9-6-4-2)18-13-19-21-16-11-8-12-17-21/h13,15,19,21H,3-12,14,16-18H2,1-2H3/b19-13+,20-15+. The molecule has 0 amide bonds. The van der Waals surface area contributed by atoms with E-state index in [0.29, 0.717) is 0 Å². The van der Waals surface area contributed by atoms with Crippen molar-refractivity contribution in [2.24, 2.45) is 5.92 Å². The van der Waals surface area contributed by atoms with E-state index < -0.39 is 0 Å². The van der Waals surface area contributed by atoms with E-state index in [1.807, 2.05) is 0 Å². The van der Waals surface area contributed by atoms with Gasteiger partial charge in [-0.1, -0.05) is 82.6 Å². The second kappa shape index (κ2) is 13.2. The van der Waals surface area contributed by atoms with Crippen molar-refractivity contribution in [3.05, 3.63) is 23.8 Å². The Bertz CT molecular complexity index is 278. The van der Waals surface area contributed by atoms with Gasteiger partial charge in [0.2, 0.25) is 0 Å². The molecule has 1 aliphatic carbocycles. The van der Waals surface area contributed by atoms with Crippen molar-refractivity contribution >= 4 is 0 Å². The van der Waals surface area contributed by atoms with E-state index in [1.54, 1.807) is 5.57 Å². The SMILES string of the molecule is CCCCC/C=C(/C/C=C/C1CCCCC1)CCCCC. The largest absolute Gasteiger partial charge is 0.0851 e. The summed E-state index contributed by atoms with van der Waals surface area (Å²) in [5.41, 5.74) is 1.70. The molecule has 0 aliphatic heterocycles. The highest BCUT2D eigenvalue weighted by molar-refractivity contribution is 5.08. The molecule has 1 fully saturated rings. The third-order valence-corrected chi connectivity index (χ3v) is 4.78. The highest BCUT2D eigenvalue weighted by atomic mass is 14.1. The molecular weight excluding hydrogens is 252 g/mol. The van der Waals surface area contributed by atoms with Gasteiger partial charge in [0.05, 0.1) is 0 Å². The van der Waals surface area contributed by atoms with Gasteiger partial charge in [-0.15, -0.1) is 0 Å². The molecule has 0 aromatic carbocycles. The summed E-state index contributed by atoms with van der Waals surface area (Å²) in [5.74, 6) is 0.885. The first-order valence-corrected chi connectivity index (χ1v) is 9.71. The fourth-order valence-electron chi connectivity index (χ4n) is 3.33. The lowest BCUT2D eigenvalue weighted by Gasteiger charge is -2.17. The molecule has 0 unspecified atom stereocenters. The summed E-state index contributed by atoms with van der Waals surface area (Å²) < 4.78 is 0. The van der Waals surface area contributed by atoms with Gasteiger partial charge in [-0.05, 0) is 50.9 Å². The third kappa shape index (κ3) is 9.93. The van der Waals surface area contributed by atoms with Crippen LogP contribution in [-0.2, 0) is 0 Å². The Labute approximate surface area is 134 Å². The lowest BCUT2D eigenvalue weighted by Crippen LogP contribution is -2.02. The summed E-state index contributed by atoms with van der Waals surface area (Å²) in [6.07, 6.45) is 26.8. The fraction of sp³-hybridized carbons (Fsp3) is 0.810. The molecule has 0 spiro atoms. The molecule has 0 N–H and O–H groups in total. The summed E-state index contributed by atoms with van der Waals surface area (Å²) in [5, 5.41) is 0. The maximum Gasteiger partial charge on any atom is -0.0139 e. The zero-order valence-electron chi connectivity index (χ0n) is 14.7. The molecule has 0 radical (unpaired) electrons. The van der Waals surface area contributed by atoms with E-state index in [1.165, 1.54) is 89.9 Å². The minimum absolute atomic E-state index is 0.885. The Kier molecular flexibility index (Phi) is 11.6. The molecule has 21 heavy (non-hydrogen) atoms. The van der Waals surface area contributed by atoms with Gasteiger partial charge in [0.25, 0.3) is 0 Å². The fourth-order valence-corrected chi connectivity index (χ4v) is 3.33. The van der Waals surface area contributed by atoms with E-state index in [-0.39, 0.29) is 0 Å². The first kappa shape index (κ1) is 18.5. The van der Waals surface area contributed by atoms with Crippen molar-refractivity contribution in [2.45, 2.75) is 104 Å². The molecule has 0 bridgehead atoms. The molecule has 122 valence electrons. The minimum Gasteiger partial charge on any atom is -0.0851 e. The number of hydrogen-bond donors (Lipinski definition) is 0. The maximum atomic E-state index is 2.55. The molecule has 0 aromatic heterocycles. The molecule has 0 saturated heterocycles. The molecule has 0 atom stereocenters. The van der Waals surface area contributed by atoms with Gasteiger partial charge in [0.1, 0.15) is 0 Å². The van der Waals surface area contributed by atoms with Crippen LogP contribution in [0, 0.1) is 5.92 Å². The van der Waals surface area contributed by atoms with E-state index >= 15 is 0 Å².